The molecule has 0 radical (unpaired) electrons. The quantitative estimate of drug-likeness (QED) is 0.890. The van der Waals surface area contributed by atoms with Crippen molar-refractivity contribution in [3.63, 3.8) is 0 Å². The van der Waals surface area contributed by atoms with Crippen molar-refractivity contribution in [2.45, 2.75) is 38.8 Å². The van der Waals surface area contributed by atoms with E-state index < -0.39 is 6.10 Å². The van der Waals surface area contributed by atoms with Crippen molar-refractivity contribution in [2.75, 3.05) is 18.0 Å². The number of amides is 1. The van der Waals surface area contributed by atoms with Gasteiger partial charge in [-0.25, -0.2) is 4.39 Å². The maximum absolute atomic E-state index is 13.9. The Morgan fingerprint density at radius 2 is 2.10 bits per heavy atom. The largest absolute Gasteiger partial charge is 0.389 e. The SMILES string of the molecule is CC(=O)NC1CCN(c2cccc(F)c2[C@@H](C)O)CC1. The fourth-order valence-electron chi connectivity index (χ4n) is 2.77. The molecule has 5 heteroatoms. The van der Waals surface area contributed by atoms with Gasteiger partial charge in [-0.05, 0) is 31.9 Å². The molecule has 0 bridgehead atoms. The Morgan fingerprint density at radius 3 is 2.65 bits per heavy atom. The molecule has 0 unspecified atom stereocenters. The van der Waals surface area contributed by atoms with Crippen molar-refractivity contribution in [1.82, 2.24) is 5.32 Å². The number of aliphatic hydroxyl groups is 1. The number of aliphatic hydroxyl groups excluding tert-OH is 1. The third kappa shape index (κ3) is 3.28. The van der Waals surface area contributed by atoms with E-state index in [4.69, 9.17) is 0 Å². The monoisotopic (exact) mass is 280 g/mol. The second-order valence-electron chi connectivity index (χ2n) is 5.31. The fourth-order valence-corrected chi connectivity index (χ4v) is 2.77. The van der Waals surface area contributed by atoms with Crippen molar-refractivity contribution < 1.29 is 14.3 Å². The van der Waals surface area contributed by atoms with E-state index in [1.165, 1.54) is 13.0 Å². The lowest BCUT2D eigenvalue weighted by Crippen LogP contribution is -2.44. The molecule has 1 aromatic carbocycles. The molecule has 4 nitrogen and oxygen atoms in total. The van der Waals surface area contributed by atoms with Gasteiger partial charge in [-0.1, -0.05) is 6.07 Å². The van der Waals surface area contributed by atoms with Gasteiger partial charge >= 0.3 is 0 Å². The zero-order valence-corrected chi connectivity index (χ0v) is 11.9. The molecule has 1 aliphatic heterocycles. The van der Waals surface area contributed by atoms with Gasteiger partial charge in [0.25, 0.3) is 0 Å². The number of halogens is 1. The number of carbonyl (C=O) groups is 1. The number of anilines is 1. The number of rotatable bonds is 3. The van der Waals surface area contributed by atoms with Gasteiger partial charge in [0.15, 0.2) is 0 Å². The first-order valence-corrected chi connectivity index (χ1v) is 6.97. The first kappa shape index (κ1) is 14.8. The van der Waals surface area contributed by atoms with Crippen molar-refractivity contribution in [3.8, 4) is 0 Å². The van der Waals surface area contributed by atoms with Crippen LogP contribution >= 0.6 is 0 Å². The summed E-state index contributed by atoms with van der Waals surface area (Å²) in [5.74, 6) is -0.389. The first-order chi connectivity index (χ1) is 9.49. The average molecular weight is 280 g/mol. The normalized spacial score (nSPS) is 17.9. The molecule has 1 aliphatic rings. The highest BCUT2D eigenvalue weighted by atomic mass is 19.1. The number of hydrogen-bond donors (Lipinski definition) is 2. The maximum atomic E-state index is 13.9. The van der Waals surface area contributed by atoms with Crippen LogP contribution in [0.2, 0.25) is 0 Å². The highest BCUT2D eigenvalue weighted by Gasteiger charge is 2.23. The van der Waals surface area contributed by atoms with E-state index in [-0.39, 0.29) is 17.8 Å². The molecule has 110 valence electrons. The standard InChI is InChI=1S/C15H21FN2O2/c1-10(19)15-13(16)4-3-5-14(15)18-8-6-12(7-9-18)17-11(2)20/h3-5,10,12,19H,6-9H2,1-2H3,(H,17,20)/t10-/m1/s1. The minimum absolute atomic E-state index is 0.0149. The highest BCUT2D eigenvalue weighted by molar-refractivity contribution is 5.73. The summed E-state index contributed by atoms with van der Waals surface area (Å²) in [5.41, 5.74) is 1.10. The van der Waals surface area contributed by atoms with Gasteiger partial charge in [0, 0.05) is 37.3 Å². The van der Waals surface area contributed by atoms with Crippen LogP contribution in [0.25, 0.3) is 0 Å². The number of carbonyl (C=O) groups excluding carboxylic acids is 1. The van der Waals surface area contributed by atoms with Crippen LogP contribution in [-0.2, 0) is 4.79 Å². The summed E-state index contributed by atoms with van der Waals surface area (Å²) in [6.45, 7) is 4.58. The molecule has 1 heterocycles. The lowest BCUT2D eigenvalue weighted by atomic mass is 10.0. The molecule has 20 heavy (non-hydrogen) atoms. The van der Waals surface area contributed by atoms with Crippen LogP contribution < -0.4 is 10.2 Å². The minimum atomic E-state index is -0.834. The predicted octanol–water partition coefficient (Wildman–Crippen LogP) is 1.98. The summed E-state index contributed by atoms with van der Waals surface area (Å²) in [4.78, 5) is 13.1. The van der Waals surface area contributed by atoms with Crippen LogP contribution in [0.3, 0.4) is 0 Å². The van der Waals surface area contributed by atoms with Crippen molar-refractivity contribution in [2.24, 2.45) is 0 Å². The molecule has 1 fully saturated rings. The van der Waals surface area contributed by atoms with E-state index in [0.717, 1.165) is 31.6 Å². The summed E-state index contributed by atoms with van der Waals surface area (Å²) in [5, 5.41) is 12.7. The summed E-state index contributed by atoms with van der Waals surface area (Å²) >= 11 is 0. The number of benzene rings is 1. The van der Waals surface area contributed by atoms with Gasteiger partial charge in [0.2, 0.25) is 5.91 Å². The third-order valence-corrected chi connectivity index (χ3v) is 3.69. The molecule has 1 aromatic rings. The van der Waals surface area contributed by atoms with Crippen molar-refractivity contribution in [1.29, 1.82) is 0 Å². The molecule has 2 rings (SSSR count). The van der Waals surface area contributed by atoms with Crippen LogP contribution in [-0.4, -0.2) is 30.1 Å². The van der Waals surface area contributed by atoms with Gasteiger partial charge in [-0.3, -0.25) is 4.79 Å². The predicted molar refractivity (Wildman–Crippen MR) is 76.1 cm³/mol. The number of nitrogens with zero attached hydrogens (tertiary/aromatic N) is 1. The van der Waals surface area contributed by atoms with Crippen LogP contribution in [0, 0.1) is 5.82 Å². The Hall–Kier alpha value is -1.62. The maximum Gasteiger partial charge on any atom is 0.217 e. The van der Waals surface area contributed by atoms with Gasteiger partial charge in [0.05, 0.1) is 6.10 Å². The first-order valence-electron chi connectivity index (χ1n) is 6.97. The number of hydrogen-bond acceptors (Lipinski definition) is 3. The summed E-state index contributed by atoms with van der Waals surface area (Å²) in [7, 11) is 0. The molecule has 0 saturated carbocycles. The molecule has 0 aromatic heterocycles. The summed E-state index contributed by atoms with van der Waals surface area (Å²) < 4.78 is 13.9. The number of piperidine rings is 1. The van der Waals surface area contributed by atoms with Crippen molar-refractivity contribution in [3.05, 3.63) is 29.6 Å². The van der Waals surface area contributed by atoms with Crippen LogP contribution in [0.4, 0.5) is 10.1 Å². The van der Waals surface area contributed by atoms with Crippen LogP contribution in [0.1, 0.15) is 38.4 Å². The highest BCUT2D eigenvalue weighted by Crippen LogP contribution is 2.30. The summed E-state index contributed by atoms with van der Waals surface area (Å²) in [6.07, 6.45) is 0.823. The van der Waals surface area contributed by atoms with E-state index in [9.17, 15) is 14.3 Å². The van der Waals surface area contributed by atoms with Gasteiger partial charge in [0.1, 0.15) is 5.82 Å². The van der Waals surface area contributed by atoms with Crippen LogP contribution in [0.15, 0.2) is 18.2 Å². The van der Waals surface area contributed by atoms with Gasteiger partial charge in [-0.2, -0.15) is 0 Å². The zero-order chi connectivity index (χ0) is 14.7. The third-order valence-electron chi connectivity index (χ3n) is 3.69. The lowest BCUT2D eigenvalue weighted by Gasteiger charge is -2.35. The zero-order valence-electron chi connectivity index (χ0n) is 11.9. The summed E-state index contributed by atoms with van der Waals surface area (Å²) in [6, 6.07) is 5.06. The van der Waals surface area contributed by atoms with E-state index in [1.54, 1.807) is 13.0 Å². The Labute approximate surface area is 118 Å². The molecule has 0 spiro atoms. The molecule has 0 aliphatic carbocycles. The number of nitrogens with one attached hydrogen (secondary N) is 1. The average Bonchev–Trinajstić information content (AvgIpc) is 2.38. The Kier molecular flexibility index (Phi) is 4.60. The lowest BCUT2D eigenvalue weighted by molar-refractivity contribution is -0.119. The van der Waals surface area contributed by atoms with E-state index in [1.807, 2.05) is 6.07 Å². The molecular weight excluding hydrogens is 259 g/mol. The smallest absolute Gasteiger partial charge is 0.217 e. The molecule has 1 amide bonds. The van der Waals surface area contributed by atoms with Crippen molar-refractivity contribution >= 4 is 11.6 Å². The fraction of sp³-hybridized carbons (Fsp3) is 0.533. The Morgan fingerprint density at radius 1 is 1.45 bits per heavy atom. The molecule has 2 N–H and O–H groups in total. The van der Waals surface area contributed by atoms with E-state index in [0.29, 0.717) is 5.56 Å². The second-order valence-corrected chi connectivity index (χ2v) is 5.31. The molecule has 1 atom stereocenters. The minimum Gasteiger partial charge on any atom is -0.389 e. The van der Waals surface area contributed by atoms with Gasteiger partial charge in [-0.15, -0.1) is 0 Å². The topological polar surface area (TPSA) is 52.6 Å². The van der Waals surface area contributed by atoms with E-state index in [2.05, 4.69) is 10.2 Å². The Balaban J connectivity index is 2.11. The second kappa shape index (κ2) is 6.22. The molecular formula is C15H21FN2O2. The molecule has 1 saturated heterocycles. The van der Waals surface area contributed by atoms with E-state index >= 15 is 0 Å². The van der Waals surface area contributed by atoms with Crippen LogP contribution in [0.5, 0.6) is 0 Å². The Bertz CT molecular complexity index is 483. The van der Waals surface area contributed by atoms with Gasteiger partial charge < -0.3 is 15.3 Å².